The molecule has 0 atom stereocenters. The number of benzene rings is 1. The third kappa shape index (κ3) is 7.39. The van der Waals surface area contributed by atoms with Gasteiger partial charge in [-0.3, -0.25) is 23.7 Å². The van der Waals surface area contributed by atoms with Crippen molar-refractivity contribution in [3.05, 3.63) is 51.5 Å². The normalized spacial score (nSPS) is 14.1. The molecule has 0 aliphatic carbocycles. The number of aromatic nitrogens is 2. The van der Waals surface area contributed by atoms with Gasteiger partial charge >= 0.3 is 5.97 Å². The van der Waals surface area contributed by atoms with Gasteiger partial charge in [-0.25, -0.2) is 4.98 Å². The first-order valence-corrected chi connectivity index (χ1v) is 12.3. The molecule has 0 bridgehead atoms. The van der Waals surface area contributed by atoms with Gasteiger partial charge in [-0.15, -0.1) is 0 Å². The maximum atomic E-state index is 12.9. The number of aryl methyl sites for hydroxylation is 1. The molecule has 10 heteroatoms. The number of carbonyl (C=O) groups is 3. The van der Waals surface area contributed by atoms with Crippen LogP contribution in [0, 0.1) is 5.92 Å². The second-order valence-electron chi connectivity index (χ2n) is 8.72. The van der Waals surface area contributed by atoms with Crippen LogP contribution in [-0.4, -0.2) is 57.0 Å². The van der Waals surface area contributed by atoms with Crippen LogP contribution in [0.5, 0.6) is 0 Å². The van der Waals surface area contributed by atoms with E-state index in [1.165, 1.54) is 10.6 Å². The maximum absolute atomic E-state index is 12.9. The van der Waals surface area contributed by atoms with Gasteiger partial charge in [-0.1, -0.05) is 43.5 Å². The molecule has 2 N–H and O–H groups in total. The van der Waals surface area contributed by atoms with Gasteiger partial charge in [-0.05, 0) is 31.4 Å². The molecule has 35 heavy (non-hydrogen) atoms. The molecule has 3 rings (SSSR count). The molecule has 1 aliphatic rings. The highest BCUT2D eigenvalue weighted by molar-refractivity contribution is 6.30. The minimum atomic E-state index is -0.846. The van der Waals surface area contributed by atoms with Crippen molar-refractivity contribution in [2.45, 2.75) is 52.0 Å². The van der Waals surface area contributed by atoms with Gasteiger partial charge in [0.2, 0.25) is 11.8 Å². The fraction of sp³-hybridized carbons (Fsp3) is 0.480. The summed E-state index contributed by atoms with van der Waals surface area (Å²) in [7, 11) is 0. The number of halogens is 1. The highest BCUT2D eigenvalue weighted by Gasteiger charge is 2.27. The second kappa shape index (κ2) is 12.5. The summed E-state index contributed by atoms with van der Waals surface area (Å²) in [4.78, 5) is 55.3. The van der Waals surface area contributed by atoms with Crippen molar-refractivity contribution in [2.24, 2.45) is 5.92 Å². The molecule has 0 spiro atoms. The van der Waals surface area contributed by atoms with Crippen LogP contribution in [0.4, 0.5) is 0 Å². The third-order valence-corrected chi connectivity index (χ3v) is 6.42. The summed E-state index contributed by atoms with van der Waals surface area (Å²) < 4.78 is 1.35. The molecule has 1 fully saturated rings. The lowest BCUT2D eigenvalue weighted by molar-refractivity contribution is -0.145. The quantitative estimate of drug-likeness (QED) is 0.482. The van der Waals surface area contributed by atoms with Gasteiger partial charge in [0.15, 0.2) is 0 Å². The fourth-order valence-corrected chi connectivity index (χ4v) is 4.20. The summed E-state index contributed by atoms with van der Waals surface area (Å²) >= 11 is 5.97. The first kappa shape index (κ1) is 26.4. The van der Waals surface area contributed by atoms with E-state index in [0.29, 0.717) is 48.9 Å². The van der Waals surface area contributed by atoms with Crippen LogP contribution in [0.1, 0.15) is 44.9 Å². The molecule has 0 radical (unpaired) electrons. The monoisotopic (exact) mass is 502 g/mol. The average molecular weight is 503 g/mol. The van der Waals surface area contributed by atoms with Gasteiger partial charge in [-0.2, -0.15) is 0 Å². The number of piperidine rings is 1. The van der Waals surface area contributed by atoms with E-state index in [1.807, 2.05) is 0 Å². The molecular weight excluding hydrogens is 472 g/mol. The van der Waals surface area contributed by atoms with E-state index in [4.69, 9.17) is 16.7 Å². The van der Waals surface area contributed by atoms with E-state index in [-0.39, 0.29) is 24.6 Å². The molecule has 2 heterocycles. The summed E-state index contributed by atoms with van der Waals surface area (Å²) in [6, 6.07) is 8.45. The number of carbonyl (C=O) groups excluding carboxylic acids is 2. The second-order valence-corrected chi connectivity index (χ2v) is 9.15. The van der Waals surface area contributed by atoms with Crippen molar-refractivity contribution in [1.82, 2.24) is 19.8 Å². The maximum Gasteiger partial charge on any atom is 0.306 e. The van der Waals surface area contributed by atoms with E-state index in [9.17, 15) is 19.2 Å². The number of rotatable bonds is 10. The van der Waals surface area contributed by atoms with E-state index < -0.39 is 17.8 Å². The van der Waals surface area contributed by atoms with Crippen LogP contribution in [0.2, 0.25) is 5.02 Å². The van der Waals surface area contributed by atoms with Gasteiger partial charge in [0.05, 0.1) is 18.2 Å². The molecule has 1 aromatic carbocycles. The molecule has 9 nitrogen and oxygen atoms in total. The van der Waals surface area contributed by atoms with E-state index in [2.05, 4.69) is 17.2 Å². The van der Waals surface area contributed by atoms with Crippen molar-refractivity contribution in [3.8, 4) is 11.3 Å². The minimum absolute atomic E-state index is 0.202. The Bertz CT molecular complexity index is 1110. The Balaban J connectivity index is 1.66. The third-order valence-electron chi connectivity index (χ3n) is 6.17. The summed E-state index contributed by atoms with van der Waals surface area (Å²) in [5, 5.41) is 12.3. The van der Waals surface area contributed by atoms with E-state index >= 15 is 0 Å². The lowest BCUT2D eigenvalue weighted by Crippen LogP contribution is -2.45. The van der Waals surface area contributed by atoms with E-state index in [1.54, 1.807) is 29.2 Å². The molecule has 1 aliphatic heterocycles. The van der Waals surface area contributed by atoms with E-state index in [0.717, 1.165) is 24.8 Å². The van der Waals surface area contributed by atoms with Crippen LogP contribution >= 0.6 is 11.6 Å². The predicted molar refractivity (Wildman–Crippen MR) is 132 cm³/mol. The molecule has 1 saturated heterocycles. The molecule has 2 aromatic rings. The molecule has 1 aromatic heterocycles. The zero-order chi connectivity index (χ0) is 25.4. The number of nitrogens with one attached hydrogen (secondary N) is 1. The summed E-state index contributed by atoms with van der Waals surface area (Å²) in [6.07, 6.45) is 4.16. The SMILES string of the molecule is CCCCCc1nc(-c2ccc(Cl)cc2)cc(=O)n1CC(=O)NCC(=O)N1CCC(C(=O)O)CC1. The van der Waals surface area contributed by atoms with Crippen molar-refractivity contribution >= 4 is 29.4 Å². The highest BCUT2D eigenvalue weighted by Crippen LogP contribution is 2.20. The first-order chi connectivity index (χ1) is 16.8. The zero-order valence-corrected chi connectivity index (χ0v) is 20.6. The number of carboxylic acid groups (broad SMARTS) is 1. The number of unbranched alkanes of at least 4 members (excludes halogenated alkanes) is 2. The molecule has 0 saturated carbocycles. The smallest absolute Gasteiger partial charge is 0.306 e. The minimum Gasteiger partial charge on any atom is -0.481 e. The van der Waals surface area contributed by atoms with Crippen molar-refractivity contribution in [1.29, 1.82) is 0 Å². The highest BCUT2D eigenvalue weighted by atomic mass is 35.5. The van der Waals surface area contributed by atoms with Gasteiger partial charge in [0, 0.05) is 36.2 Å². The average Bonchev–Trinajstić information content (AvgIpc) is 2.85. The van der Waals surface area contributed by atoms with Gasteiger partial charge in [0.1, 0.15) is 12.4 Å². The Morgan fingerprint density at radius 3 is 2.46 bits per heavy atom. The lowest BCUT2D eigenvalue weighted by atomic mass is 9.97. The lowest BCUT2D eigenvalue weighted by Gasteiger charge is -2.30. The van der Waals surface area contributed by atoms with Crippen molar-refractivity contribution in [2.75, 3.05) is 19.6 Å². The van der Waals surface area contributed by atoms with Crippen LogP contribution in [0.25, 0.3) is 11.3 Å². The van der Waals surface area contributed by atoms with Crippen molar-refractivity contribution in [3.63, 3.8) is 0 Å². The Morgan fingerprint density at radius 1 is 1.14 bits per heavy atom. The number of aliphatic carboxylic acids is 1. The number of amides is 2. The Morgan fingerprint density at radius 2 is 1.83 bits per heavy atom. The summed E-state index contributed by atoms with van der Waals surface area (Å²) in [5.74, 6) is -1.49. The molecule has 2 amide bonds. The summed E-state index contributed by atoms with van der Waals surface area (Å²) in [6.45, 7) is 2.35. The molecule has 188 valence electrons. The summed E-state index contributed by atoms with van der Waals surface area (Å²) in [5.41, 5.74) is 0.945. The standard InChI is InChI=1S/C25H31ClN4O5/c1-2-3-4-5-21-28-20(17-6-8-19(26)9-7-17)14-23(32)30(21)16-22(31)27-15-24(33)29-12-10-18(11-13-29)25(34)35/h6-9,14,18H,2-5,10-13,15-16H2,1H3,(H,27,31)(H,34,35). The number of nitrogens with zero attached hydrogens (tertiary/aromatic N) is 3. The number of hydrogen-bond acceptors (Lipinski definition) is 5. The van der Waals surface area contributed by atoms with Crippen LogP contribution in [-0.2, 0) is 27.3 Å². The Labute approximate surface area is 209 Å². The number of likely N-dealkylation sites (tertiary alicyclic amines) is 1. The molecular formula is C25H31ClN4O5. The van der Waals surface area contributed by atoms with Gasteiger partial charge < -0.3 is 15.3 Å². The first-order valence-electron chi connectivity index (χ1n) is 11.9. The Hall–Kier alpha value is -3.20. The molecule has 0 unspecified atom stereocenters. The number of carboxylic acids is 1. The Kier molecular flexibility index (Phi) is 9.42. The van der Waals surface area contributed by atoms with Crippen LogP contribution in [0.15, 0.2) is 35.1 Å². The fourth-order valence-electron chi connectivity index (χ4n) is 4.08. The topological polar surface area (TPSA) is 122 Å². The van der Waals surface area contributed by atoms with Gasteiger partial charge in [0.25, 0.3) is 5.56 Å². The largest absolute Gasteiger partial charge is 0.481 e. The van der Waals surface area contributed by atoms with Crippen LogP contribution < -0.4 is 10.9 Å². The zero-order valence-electron chi connectivity index (χ0n) is 19.8. The predicted octanol–water partition coefficient (Wildman–Crippen LogP) is 2.74. The van der Waals surface area contributed by atoms with Crippen LogP contribution in [0.3, 0.4) is 0 Å². The van der Waals surface area contributed by atoms with Crippen molar-refractivity contribution < 1.29 is 19.5 Å². The number of hydrogen-bond donors (Lipinski definition) is 2.